The van der Waals surface area contributed by atoms with E-state index in [2.05, 4.69) is 22.2 Å². The highest BCUT2D eigenvalue weighted by Gasteiger charge is 2.18. The lowest BCUT2D eigenvalue weighted by Crippen LogP contribution is -2.46. The van der Waals surface area contributed by atoms with Crippen LogP contribution in [0.15, 0.2) is 42.5 Å². The van der Waals surface area contributed by atoms with Gasteiger partial charge in [-0.1, -0.05) is 30.4 Å². The van der Waals surface area contributed by atoms with Crippen LogP contribution in [0.1, 0.15) is 19.3 Å². The van der Waals surface area contributed by atoms with Crippen LogP contribution in [-0.4, -0.2) is 18.4 Å². The summed E-state index contributed by atoms with van der Waals surface area (Å²) in [5, 5.41) is 2.97. The van der Waals surface area contributed by atoms with Crippen LogP contribution >= 0.6 is 0 Å². The van der Waals surface area contributed by atoms with Gasteiger partial charge in [-0.2, -0.15) is 0 Å². The number of hydrazine groups is 1. The standard InChI is InChI=1S/C15H19N3O2/c19-14(11-16-13-9-5-2-6-10-13)17-18-15(20)12-7-3-1-4-8-12/h1-3,5-6,9-10,12,16H,4,7-8,11H2,(H,17,19)(H,18,20). The number of carbonyl (C=O) groups is 2. The lowest BCUT2D eigenvalue weighted by molar-refractivity contribution is -0.130. The van der Waals surface area contributed by atoms with Gasteiger partial charge in [-0.15, -0.1) is 0 Å². The molecule has 0 spiro atoms. The maximum atomic E-state index is 11.8. The zero-order valence-corrected chi connectivity index (χ0v) is 11.3. The third-order valence-corrected chi connectivity index (χ3v) is 3.19. The van der Waals surface area contributed by atoms with E-state index in [9.17, 15) is 9.59 Å². The number of allylic oxidation sites excluding steroid dienone is 2. The van der Waals surface area contributed by atoms with Crippen LogP contribution in [0.25, 0.3) is 0 Å². The smallest absolute Gasteiger partial charge is 0.257 e. The van der Waals surface area contributed by atoms with Crippen molar-refractivity contribution in [2.75, 3.05) is 11.9 Å². The molecule has 1 aliphatic carbocycles. The predicted octanol–water partition coefficient (Wildman–Crippen LogP) is 1.60. The SMILES string of the molecule is O=C(CNc1ccccc1)NNC(=O)C1CC=CCC1. The number of nitrogens with one attached hydrogen (secondary N) is 3. The summed E-state index contributed by atoms with van der Waals surface area (Å²) in [4.78, 5) is 23.4. The Morgan fingerprint density at radius 2 is 1.90 bits per heavy atom. The zero-order valence-electron chi connectivity index (χ0n) is 11.3. The molecule has 0 radical (unpaired) electrons. The fourth-order valence-corrected chi connectivity index (χ4v) is 2.05. The summed E-state index contributed by atoms with van der Waals surface area (Å²) >= 11 is 0. The Balaban J connectivity index is 1.67. The van der Waals surface area contributed by atoms with E-state index in [1.165, 1.54) is 0 Å². The molecule has 5 heteroatoms. The van der Waals surface area contributed by atoms with Gasteiger partial charge in [0, 0.05) is 11.6 Å². The second-order valence-electron chi connectivity index (χ2n) is 4.74. The molecular formula is C15H19N3O2. The summed E-state index contributed by atoms with van der Waals surface area (Å²) in [5.74, 6) is -0.432. The molecule has 1 aliphatic rings. The van der Waals surface area contributed by atoms with Crippen LogP contribution in [-0.2, 0) is 9.59 Å². The van der Waals surface area contributed by atoms with Gasteiger partial charge in [0.1, 0.15) is 0 Å². The molecule has 5 nitrogen and oxygen atoms in total. The maximum Gasteiger partial charge on any atom is 0.257 e. The molecule has 3 N–H and O–H groups in total. The van der Waals surface area contributed by atoms with Crippen molar-refractivity contribution in [3.63, 3.8) is 0 Å². The average Bonchev–Trinajstić information content (AvgIpc) is 2.52. The average molecular weight is 273 g/mol. The molecule has 0 aromatic heterocycles. The Kier molecular flexibility index (Phi) is 5.17. The fraction of sp³-hybridized carbons (Fsp3) is 0.333. The number of rotatable bonds is 4. The Labute approximate surface area is 118 Å². The molecule has 106 valence electrons. The Hall–Kier alpha value is -2.30. The molecule has 1 aromatic rings. The first kappa shape index (κ1) is 14.1. The fourth-order valence-electron chi connectivity index (χ4n) is 2.05. The third-order valence-electron chi connectivity index (χ3n) is 3.19. The van der Waals surface area contributed by atoms with Gasteiger partial charge < -0.3 is 5.32 Å². The van der Waals surface area contributed by atoms with Gasteiger partial charge in [-0.05, 0) is 31.4 Å². The first-order valence-electron chi connectivity index (χ1n) is 6.78. The number of para-hydroxylation sites is 1. The highest BCUT2D eigenvalue weighted by atomic mass is 16.2. The molecule has 0 saturated carbocycles. The van der Waals surface area contributed by atoms with Crippen LogP contribution < -0.4 is 16.2 Å². The molecule has 1 atom stereocenters. The van der Waals surface area contributed by atoms with Crippen molar-refractivity contribution in [1.82, 2.24) is 10.9 Å². The molecule has 0 aliphatic heterocycles. The van der Waals surface area contributed by atoms with E-state index in [4.69, 9.17) is 0 Å². The molecule has 2 amide bonds. The van der Waals surface area contributed by atoms with E-state index in [0.717, 1.165) is 24.9 Å². The van der Waals surface area contributed by atoms with Gasteiger partial charge in [0.05, 0.1) is 6.54 Å². The van der Waals surface area contributed by atoms with Gasteiger partial charge in [0.2, 0.25) is 5.91 Å². The zero-order chi connectivity index (χ0) is 14.2. The first-order chi connectivity index (χ1) is 9.75. The van der Waals surface area contributed by atoms with Crippen molar-refractivity contribution in [2.24, 2.45) is 5.92 Å². The Morgan fingerprint density at radius 1 is 1.10 bits per heavy atom. The molecule has 1 aromatic carbocycles. The predicted molar refractivity (Wildman–Crippen MR) is 77.7 cm³/mol. The van der Waals surface area contributed by atoms with Crippen molar-refractivity contribution in [2.45, 2.75) is 19.3 Å². The number of anilines is 1. The molecule has 0 bridgehead atoms. The second kappa shape index (κ2) is 7.33. The van der Waals surface area contributed by atoms with Gasteiger partial charge in [0.15, 0.2) is 0 Å². The molecule has 1 unspecified atom stereocenters. The van der Waals surface area contributed by atoms with Crippen LogP contribution in [0, 0.1) is 5.92 Å². The van der Waals surface area contributed by atoms with Crippen molar-refractivity contribution >= 4 is 17.5 Å². The van der Waals surface area contributed by atoms with Gasteiger partial charge >= 0.3 is 0 Å². The van der Waals surface area contributed by atoms with Crippen molar-refractivity contribution in [3.8, 4) is 0 Å². The van der Waals surface area contributed by atoms with Crippen molar-refractivity contribution < 1.29 is 9.59 Å². The summed E-state index contributed by atoms with van der Waals surface area (Å²) in [7, 11) is 0. The highest BCUT2D eigenvalue weighted by molar-refractivity contribution is 5.85. The summed E-state index contributed by atoms with van der Waals surface area (Å²) < 4.78 is 0. The Bertz CT molecular complexity index is 485. The normalized spacial score (nSPS) is 17.3. The van der Waals surface area contributed by atoms with E-state index in [-0.39, 0.29) is 24.3 Å². The number of benzene rings is 1. The molecule has 2 rings (SSSR count). The minimum atomic E-state index is -0.270. The highest BCUT2D eigenvalue weighted by Crippen LogP contribution is 2.17. The number of hydrogen-bond acceptors (Lipinski definition) is 3. The maximum absolute atomic E-state index is 11.8. The lowest BCUT2D eigenvalue weighted by atomic mass is 9.94. The summed E-state index contributed by atoms with van der Waals surface area (Å²) in [6.07, 6.45) is 6.57. The van der Waals surface area contributed by atoms with Gasteiger partial charge in [-0.3, -0.25) is 20.4 Å². The van der Waals surface area contributed by atoms with Crippen molar-refractivity contribution in [3.05, 3.63) is 42.5 Å². The van der Waals surface area contributed by atoms with Crippen molar-refractivity contribution in [1.29, 1.82) is 0 Å². The quantitative estimate of drug-likeness (QED) is 0.576. The van der Waals surface area contributed by atoms with Crippen LogP contribution in [0.4, 0.5) is 5.69 Å². The van der Waals surface area contributed by atoms with Gasteiger partial charge in [0.25, 0.3) is 5.91 Å². The monoisotopic (exact) mass is 273 g/mol. The second-order valence-corrected chi connectivity index (χ2v) is 4.74. The van der Waals surface area contributed by atoms with Gasteiger partial charge in [-0.25, -0.2) is 0 Å². The minimum Gasteiger partial charge on any atom is -0.376 e. The van der Waals surface area contributed by atoms with E-state index in [1.54, 1.807) is 0 Å². The largest absolute Gasteiger partial charge is 0.376 e. The molecular weight excluding hydrogens is 254 g/mol. The van der Waals surface area contributed by atoms with Crippen LogP contribution in [0.2, 0.25) is 0 Å². The molecule has 0 fully saturated rings. The summed E-state index contributed by atoms with van der Waals surface area (Å²) in [5.41, 5.74) is 5.77. The number of hydrogen-bond donors (Lipinski definition) is 3. The Morgan fingerprint density at radius 3 is 2.60 bits per heavy atom. The summed E-state index contributed by atoms with van der Waals surface area (Å²) in [6, 6.07) is 9.43. The van der Waals surface area contributed by atoms with E-state index >= 15 is 0 Å². The summed E-state index contributed by atoms with van der Waals surface area (Å²) in [6.45, 7) is 0.120. The topological polar surface area (TPSA) is 70.2 Å². The lowest BCUT2D eigenvalue weighted by Gasteiger charge is -2.17. The third kappa shape index (κ3) is 4.42. The number of amides is 2. The number of carbonyl (C=O) groups excluding carboxylic acids is 2. The van der Waals surface area contributed by atoms with E-state index in [1.807, 2.05) is 36.4 Å². The molecule has 0 heterocycles. The first-order valence-corrected chi connectivity index (χ1v) is 6.78. The molecule has 0 saturated heterocycles. The van der Waals surface area contributed by atoms with Crippen LogP contribution in [0.3, 0.4) is 0 Å². The van der Waals surface area contributed by atoms with E-state index in [0.29, 0.717) is 0 Å². The minimum absolute atomic E-state index is 0.0395. The van der Waals surface area contributed by atoms with Crippen LogP contribution in [0.5, 0.6) is 0 Å². The molecule has 20 heavy (non-hydrogen) atoms. The van der Waals surface area contributed by atoms with E-state index < -0.39 is 0 Å².